The summed E-state index contributed by atoms with van der Waals surface area (Å²) in [5.41, 5.74) is 4.16. The number of benzene rings is 1. The first-order valence-electron chi connectivity index (χ1n) is 8.11. The number of carbonyl (C=O) groups excluding carboxylic acids is 2. The maximum absolute atomic E-state index is 12.0. The summed E-state index contributed by atoms with van der Waals surface area (Å²) in [4.78, 5) is 22.9. The van der Waals surface area contributed by atoms with E-state index in [1.807, 2.05) is 6.07 Å². The Labute approximate surface area is 144 Å². The average Bonchev–Trinajstić information content (AvgIpc) is 2.92. The molecule has 0 aliphatic heterocycles. The first-order valence-corrected chi connectivity index (χ1v) is 8.90. The molecule has 0 heterocycles. The fourth-order valence-electron chi connectivity index (χ4n) is 2.98. The minimum absolute atomic E-state index is 0.0962. The summed E-state index contributed by atoms with van der Waals surface area (Å²) < 4.78 is 1.08. The summed E-state index contributed by atoms with van der Waals surface area (Å²) in [7, 11) is 0. The van der Waals surface area contributed by atoms with E-state index in [0.29, 0.717) is 12.8 Å². The van der Waals surface area contributed by atoms with Crippen LogP contribution in [-0.2, 0) is 16.0 Å². The smallest absolute Gasteiger partial charge is 0.243 e. The largest absolute Gasteiger partial charge is 0.349 e. The highest BCUT2D eigenvalue weighted by Gasteiger charge is 2.23. The van der Waals surface area contributed by atoms with E-state index >= 15 is 0 Å². The molecule has 0 spiro atoms. The van der Waals surface area contributed by atoms with Crippen LogP contribution in [0.15, 0.2) is 22.7 Å². The van der Waals surface area contributed by atoms with Gasteiger partial charge < -0.3 is 5.32 Å². The number of amides is 2. The molecule has 1 aromatic rings. The molecule has 1 aliphatic carbocycles. The van der Waals surface area contributed by atoms with Crippen molar-refractivity contribution in [2.75, 3.05) is 0 Å². The second-order valence-corrected chi connectivity index (χ2v) is 6.87. The third-order valence-corrected chi connectivity index (χ3v) is 4.69. The number of aryl methyl sites for hydroxylation is 1. The van der Waals surface area contributed by atoms with Crippen molar-refractivity contribution in [1.82, 2.24) is 10.8 Å². The summed E-state index contributed by atoms with van der Waals surface area (Å²) in [6, 6.07) is 6.37. The molecule has 23 heavy (non-hydrogen) atoms. The molecule has 1 aromatic carbocycles. The molecule has 0 radical (unpaired) electrons. The van der Waals surface area contributed by atoms with Crippen LogP contribution in [0, 0.1) is 0 Å². The number of rotatable bonds is 8. The van der Waals surface area contributed by atoms with E-state index in [4.69, 9.17) is 5.21 Å². The molecule has 1 atom stereocenters. The standard InChI is InChI=1S/C17H23BrN2O3/c18-13-8-9-14-12(11-13)7-10-15(14)19-16(21)5-3-1-2-4-6-17(22)20-23/h8-9,11,15,23H,1-7,10H2,(H,19,21)(H,20,22). The van der Waals surface area contributed by atoms with Gasteiger partial charge in [-0.25, -0.2) is 5.48 Å². The predicted molar refractivity (Wildman–Crippen MR) is 91.0 cm³/mol. The van der Waals surface area contributed by atoms with Crippen molar-refractivity contribution in [2.45, 2.75) is 57.4 Å². The lowest BCUT2D eigenvalue weighted by Crippen LogP contribution is -2.26. The van der Waals surface area contributed by atoms with Crippen molar-refractivity contribution in [3.63, 3.8) is 0 Å². The van der Waals surface area contributed by atoms with Crippen molar-refractivity contribution >= 4 is 27.7 Å². The molecular formula is C17H23BrN2O3. The van der Waals surface area contributed by atoms with E-state index < -0.39 is 0 Å². The molecule has 2 rings (SSSR count). The number of hydrogen-bond acceptors (Lipinski definition) is 3. The highest BCUT2D eigenvalue weighted by Crippen LogP contribution is 2.32. The Hall–Kier alpha value is -1.40. The number of hydroxylamine groups is 1. The van der Waals surface area contributed by atoms with Gasteiger partial charge in [0.15, 0.2) is 0 Å². The van der Waals surface area contributed by atoms with Gasteiger partial charge in [-0.1, -0.05) is 34.8 Å². The molecule has 3 N–H and O–H groups in total. The van der Waals surface area contributed by atoms with Gasteiger partial charge in [0, 0.05) is 17.3 Å². The number of nitrogens with one attached hydrogen (secondary N) is 2. The zero-order valence-corrected chi connectivity index (χ0v) is 14.7. The molecule has 0 fully saturated rings. The fraction of sp³-hybridized carbons (Fsp3) is 0.529. The van der Waals surface area contributed by atoms with Crippen LogP contribution in [0.4, 0.5) is 0 Å². The van der Waals surface area contributed by atoms with Crippen LogP contribution < -0.4 is 10.8 Å². The van der Waals surface area contributed by atoms with Gasteiger partial charge in [0.2, 0.25) is 11.8 Å². The molecule has 126 valence electrons. The second kappa shape index (κ2) is 9.03. The summed E-state index contributed by atoms with van der Waals surface area (Å²) in [6.07, 6.45) is 6.19. The lowest BCUT2D eigenvalue weighted by atomic mass is 10.1. The van der Waals surface area contributed by atoms with Crippen LogP contribution >= 0.6 is 15.9 Å². The molecule has 2 amide bonds. The average molecular weight is 383 g/mol. The maximum atomic E-state index is 12.0. The van der Waals surface area contributed by atoms with Gasteiger partial charge in [0.05, 0.1) is 6.04 Å². The maximum Gasteiger partial charge on any atom is 0.243 e. The number of hydrogen-bond donors (Lipinski definition) is 3. The van der Waals surface area contributed by atoms with Gasteiger partial charge in [-0.05, 0) is 48.9 Å². The van der Waals surface area contributed by atoms with Crippen LogP contribution in [-0.4, -0.2) is 17.0 Å². The van der Waals surface area contributed by atoms with Crippen LogP contribution in [0.1, 0.15) is 62.1 Å². The topological polar surface area (TPSA) is 78.4 Å². The van der Waals surface area contributed by atoms with E-state index in [-0.39, 0.29) is 17.9 Å². The van der Waals surface area contributed by atoms with Crippen molar-refractivity contribution in [2.24, 2.45) is 0 Å². The van der Waals surface area contributed by atoms with E-state index in [1.54, 1.807) is 5.48 Å². The first kappa shape index (κ1) is 17.9. The van der Waals surface area contributed by atoms with E-state index in [2.05, 4.69) is 33.4 Å². The molecule has 0 saturated carbocycles. The fourth-order valence-corrected chi connectivity index (χ4v) is 3.39. The zero-order valence-electron chi connectivity index (χ0n) is 13.1. The molecule has 0 aromatic heterocycles. The first-order chi connectivity index (χ1) is 11.1. The lowest BCUT2D eigenvalue weighted by Gasteiger charge is -2.14. The van der Waals surface area contributed by atoms with Gasteiger partial charge in [0.1, 0.15) is 0 Å². The minimum atomic E-state index is -0.353. The van der Waals surface area contributed by atoms with Crippen LogP contribution in [0.5, 0.6) is 0 Å². The molecule has 1 unspecified atom stereocenters. The molecule has 0 bridgehead atoms. The Morgan fingerprint density at radius 3 is 2.52 bits per heavy atom. The number of halogens is 1. The Kier molecular flexibility index (Phi) is 7.05. The molecule has 1 aliphatic rings. The highest BCUT2D eigenvalue weighted by atomic mass is 79.9. The van der Waals surface area contributed by atoms with Gasteiger partial charge in [-0.2, -0.15) is 0 Å². The van der Waals surface area contributed by atoms with Crippen molar-refractivity contribution in [3.05, 3.63) is 33.8 Å². The predicted octanol–water partition coefficient (Wildman–Crippen LogP) is 3.40. The zero-order chi connectivity index (χ0) is 16.7. The van der Waals surface area contributed by atoms with E-state index in [1.165, 1.54) is 11.1 Å². The summed E-state index contributed by atoms with van der Waals surface area (Å²) in [5, 5.41) is 11.5. The van der Waals surface area contributed by atoms with Crippen molar-refractivity contribution < 1.29 is 14.8 Å². The van der Waals surface area contributed by atoms with Crippen molar-refractivity contribution in [3.8, 4) is 0 Å². The molecule has 0 saturated heterocycles. The summed E-state index contributed by atoms with van der Waals surface area (Å²) in [5.74, 6) is -0.256. The highest BCUT2D eigenvalue weighted by molar-refractivity contribution is 9.10. The quantitative estimate of drug-likeness (QED) is 0.366. The Morgan fingerprint density at radius 1 is 1.13 bits per heavy atom. The third-order valence-electron chi connectivity index (χ3n) is 4.20. The SMILES string of the molecule is O=C(CCCCCCC(=O)NC1CCc2cc(Br)ccc21)NO. The second-order valence-electron chi connectivity index (χ2n) is 5.95. The van der Waals surface area contributed by atoms with Crippen LogP contribution in [0.3, 0.4) is 0 Å². The minimum Gasteiger partial charge on any atom is -0.349 e. The lowest BCUT2D eigenvalue weighted by molar-refractivity contribution is -0.129. The molecule has 6 heteroatoms. The number of fused-ring (bicyclic) bond motifs is 1. The third kappa shape index (κ3) is 5.62. The molecular weight excluding hydrogens is 360 g/mol. The summed E-state index contributed by atoms with van der Waals surface area (Å²) in [6.45, 7) is 0. The number of unbranched alkanes of at least 4 members (excludes halogenated alkanes) is 3. The Morgan fingerprint density at radius 2 is 1.83 bits per heavy atom. The van der Waals surface area contributed by atoms with Crippen LogP contribution in [0.2, 0.25) is 0 Å². The van der Waals surface area contributed by atoms with E-state index in [9.17, 15) is 9.59 Å². The van der Waals surface area contributed by atoms with Crippen LogP contribution in [0.25, 0.3) is 0 Å². The van der Waals surface area contributed by atoms with Gasteiger partial charge in [0.25, 0.3) is 0 Å². The van der Waals surface area contributed by atoms with Gasteiger partial charge in [-0.3, -0.25) is 14.8 Å². The summed E-state index contributed by atoms with van der Waals surface area (Å²) >= 11 is 3.48. The van der Waals surface area contributed by atoms with Gasteiger partial charge in [-0.15, -0.1) is 0 Å². The molecule has 5 nitrogen and oxygen atoms in total. The van der Waals surface area contributed by atoms with Gasteiger partial charge >= 0.3 is 0 Å². The van der Waals surface area contributed by atoms with Crippen molar-refractivity contribution in [1.29, 1.82) is 0 Å². The normalized spacial score (nSPS) is 16.0. The Balaban J connectivity index is 1.64. The monoisotopic (exact) mass is 382 g/mol. The number of carbonyl (C=O) groups is 2. The Bertz CT molecular complexity index is 563. The van der Waals surface area contributed by atoms with E-state index in [0.717, 1.165) is 43.0 Å².